The summed E-state index contributed by atoms with van der Waals surface area (Å²) in [7, 11) is 3.61. The van der Waals surface area contributed by atoms with Gasteiger partial charge in [0.1, 0.15) is 11.5 Å². The second kappa shape index (κ2) is 6.05. The van der Waals surface area contributed by atoms with E-state index in [0.29, 0.717) is 18.2 Å². The molecule has 4 nitrogen and oxygen atoms in total. The second-order valence-corrected chi connectivity index (χ2v) is 9.36. The molecule has 4 atom stereocenters. The number of hydrogen-bond donors (Lipinski definition) is 0. The molecule has 0 amide bonds. The van der Waals surface area contributed by atoms with Crippen LogP contribution in [-0.2, 0) is 21.4 Å². The molecule has 1 aliphatic heterocycles. The molecule has 3 aliphatic carbocycles. The van der Waals surface area contributed by atoms with Gasteiger partial charge in [0, 0.05) is 37.5 Å². The van der Waals surface area contributed by atoms with E-state index in [0.717, 1.165) is 37.5 Å². The van der Waals surface area contributed by atoms with Crippen molar-refractivity contribution in [1.29, 1.82) is 0 Å². The molecule has 0 N–H and O–H groups in total. The van der Waals surface area contributed by atoms with E-state index in [1.807, 2.05) is 7.11 Å². The Morgan fingerprint density at radius 1 is 1.26 bits per heavy atom. The Balaban J connectivity index is 1.68. The number of carbonyl (C=O) groups is 1. The maximum Gasteiger partial charge on any atom is 0.136 e. The summed E-state index contributed by atoms with van der Waals surface area (Å²) in [5.41, 5.74) is 2.22. The number of ether oxygens (including phenoxy) is 2. The number of rotatable bonds is 4. The molecule has 0 aromatic heterocycles. The van der Waals surface area contributed by atoms with Gasteiger partial charge < -0.3 is 9.47 Å². The Morgan fingerprint density at radius 2 is 2.07 bits per heavy atom. The van der Waals surface area contributed by atoms with Gasteiger partial charge in [0.05, 0.1) is 12.7 Å². The van der Waals surface area contributed by atoms with Crippen molar-refractivity contribution in [2.75, 3.05) is 27.3 Å². The summed E-state index contributed by atoms with van der Waals surface area (Å²) in [6.45, 7) is 4.36. The second-order valence-electron chi connectivity index (χ2n) is 9.36. The highest BCUT2D eigenvalue weighted by atomic mass is 16.5. The number of ketones is 1. The van der Waals surface area contributed by atoms with Crippen LogP contribution in [0.25, 0.3) is 0 Å². The molecular formula is C23H31NO3. The van der Waals surface area contributed by atoms with Gasteiger partial charge in [-0.25, -0.2) is 0 Å². The molecule has 146 valence electrons. The first-order valence-corrected chi connectivity index (χ1v) is 10.5. The number of hydrogen-bond acceptors (Lipinski definition) is 4. The van der Waals surface area contributed by atoms with Crippen molar-refractivity contribution in [3.05, 3.63) is 29.3 Å². The van der Waals surface area contributed by atoms with Gasteiger partial charge >= 0.3 is 0 Å². The average Bonchev–Trinajstić information content (AvgIpc) is 3.49. The predicted octanol–water partition coefficient (Wildman–Crippen LogP) is 3.36. The molecule has 1 heterocycles. The van der Waals surface area contributed by atoms with E-state index in [1.54, 1.807) is 7.11 Å². The lowest BCUT2D eigenvalue weighted by molar-refractivity contribution is -0.194. The van der Waals surface area contributed by atoms with Crippen molar-refractivity contribution in [2.45, 2.75) is 62.5 Å². The minimum absolute atomic E-state index is 0.0774. The third-order valence-corrected chi connectivity index (χ3v) is 8.05. The van der Waals surface area contributed by atoms with Crippen molar-refractivity contribution in [1.82, 2.24) is 4.90 Å². The van der Waals surface area contributed by atoms with Crippen LogP contribution in [0.5, 0.6) is 5.75 Å². The van der Waals surface area contributed by atoms with Gasteiger partial charge in [-0.3, -0.25) is 9.69 Å². The average molecular weight is 370 g/mol. The zero-order valence-corrected chi connectivity index (χ0v) is 16.8. The number of carbonyl (C=O) groups excluding carboxylic acids is 1. The molecule has 1 aromatic carbocycles. The van der Waals surface area contributed by atoms with Crippen LogP contribution in [-0.4, -0.2) is 49.6 Å². The van der Waals surface area contributed by atoms with Gasteiger partial charge in [0.2, 0.25) is 0 Å². The monoisotopic (exact) mass is 369 g/mol. The quantitative estimate of drug-likeness (QED) is 0.816. The van der Waals surface area contributed by atoms with Crippen molar-refractivity contribution in [2.24, 2.45) is 11.8 Å². The van der Waals surface area contributed by atoms with E-state index >= 15 is 0 Å². The first-order chi connectivity index (χ1) is 13.0. The SMILES string of the molecule is COc1ccc2c(c1)[C@]13CCN(CC4CC4)[C@H](C2)C1(OC)C[C@H](C)C(=O)C3. The molecular weight excluding hydrogens is 338 g/mol. The smallest absolute Gasteiger partial charge is 0.136 e. The van der Waals surface area contributed by atoms with Crippen LogP contribution in [0.3, 0.4) is 0 Å². The first-order valence-electron chi connectivity index (χ1n) is 10.5. The minimum atomic E-state index is -0.271. The summed E-state index contributed by atoms with van der Waals surface area (Å²) in [4.78, 5) is 15.6. The van der Waals surface area contributed by atoms with Crippen LogP contribution in [0.15, 0.2) is 18.2 Å². The van der Waals surface area contributed by atoms with Crippen LogP contribution >= 0.6 is 0 Å². The zero-order valence-electron chi connectivity index (χ0n) is 16.8. The molecule has 2 saturated carbocycles. The topological polar surface area (TPSA) is 38.8 Å². The minimum Gasteiger partial charge on any atom is -0.497 e. The van der Waals surface area contributed by atoms with Gasteiger partial charge in [-0.2, -0.15) is 0 Å². The van der Waals surface area contributed by atoms with Crippen LogP contribution in [0.4, 0.5) is 0 Å². The summed E-state index contributed by atoms with van der Waals surface area (Å²) in [6.07, 6.45) is 6.21. The molecule has 0 radical (unpaired) electrons. The molecule has 4 heteroatoms. The molecule has 3 fully saturated rings. The van der Waals surface area contributed by atoms with Gasteiger partial charge in [-0.15, -0.1) is 0 Å². The Labute approximate surface area is 162 Å². The number of benzene rings is 1. The summed E-state index contributed by atoms with van der Waals surface area (Å²) >= 11 is 0. The van der Waals surface area contributed by atoms with Crippen molar-refractivity contribution in [3.8, 4) is 5.75 Å². The van der Waals surface area contributed by atoms with E-state index in [2.05, 4.69) is 30.0 Å². The largest absolute Gasteiger partial charge is 0.497 e. The Hall–Kier alpha value is -1.39. The summed E-state index contributed by atoms with van der Waals surface area (Å²) in [5.74, 6) is 2.23. The Kier molecular flexibility index (Phi) is 3.97. The van der Waals surface area contributed by atoms with E-state index in [1.165, 1.54) is 30.5 Å². The predicted molar refractivity (Wildman–Crippen MR) is 104 cm³/mol. The van der Waals surface area contributed by atoms with E-state index in [-0.39, 0.29) is 16.9 Å². The number of likely N-dealkylation sites (tertiary alicyclic amines) is 1. The molecule has 0 spiro atoms. The summed E-state index contributed by atoms with van der Waals surface area (Å²) in [5, 5.41) is 0. The fraction of sp³-hybridized carbons (Fsp3) is 0.696. The number of methoxy groups -OCH3 is 2. The van der Waals surface area contributed by atoms with Crippen LogP contribution < -0.4 is 4.74 Å². The molecule has 1 saturated heterocycles. The molecule has 27 heavy (non-hydrogen) atoms. The Bertz CT molecular complexity index is 773. The molecule has 4 aliphatic rings. The highest BCUT2D eigenvalue weighted by Crippen LogP contribution is 2.60. The first kappa shape index (κ1) is 17.7. The van der Waals surface area contributed by atoms with E-state index < -0.39 is 0 Å². The highest BCUT2D eigenvalue weighted by Gasteiger charge is 2.67. The fourth-order valence-electron chi connectivity index (χ4n) is 6.46. The van der Waals surface area contributed by atoms with E-state index in [9.17, 15) is 4.79 Å². The molecule has 1 unspecified atom stereocenters. The van der Waals surface area contributed by atoms with Crippen molar-refractivity contribution in [3.63, 3.8) is 0 Å². The van der Waals surface area contributed by atoms with Crippen LogP contribution in [0.1, 0.15) is 50.2 Å². The standard InChI is InChI=1S/C23H31NO3/c1-15-12-23(27-3)21-10-17-6-7-18(26-2)11-19(17)22(23,13-20(15)25)8-9-24(21)14-16-4-5-16/h6-7,11,15-16,21H,4-5,8-10,12-14H2,1-3H3/t15-,21+,22+,23?/m0/s1. The number of piperidine rings is 1. The lowest BCUT2D eigenvalue weighted by Gasteiger charge is -2.65. The van der Waals surface area contributed by atoms with Gasteiger partial charge in [-0.05, 0) is 67.8 Å². The van der Waals surface area contributed by atoms with Gasteiger partial charge in [0.25, 0.3) is 0 Å². The lowest BCUT2D eigenvalue weighted by Crippen LogP contribution is -2.75. The summed E-state index contributed by atoms with van der Waals surface area (Å²) < 4.78 is 12.0. The van der Waals surface area contributed by atoms with Gasteiger partial charge in [0.15, 0.2) is 0 Å². The maximum atomic E-state index is 12.9. The third-order valence-electron chi connectivity index (χ3n) is 8.05. The molecule has 1 aromatic rings. The lowest BCUT2D eigenvalue weighted by atomic mass is 9.48. The molecule has 2 bridgehead atoms. The van der Waals surface area contributed by atoms with Crippen molar-refractivity contribution < 1.29 is 14.3 Å². The highest BCUT2D eigenvalue weighted by molar-refractivity contribution is 5.84. The number of fused-ring (bicyclic) bond motifs is 1. The zero-order chi connectivity index (χ0) is 18.8. The number of nitrogens with zero attached hydrogens (tertiary/aromatic N) is 1. The number of Topliss-reactive ketones (excluding diaryl/α,β-unsaturated/α-hetero) is 1. The Morgan fingerprint density at radius 3 is 2.78 bits per heavy atom. The van der Waals surface area contributed by atoms with Crippen molar-refractivity contribution >= 4 is 5.78 Å². The maximum absolute atomic E-state index is 12.9. The summed E-state index contributed by atoms with van der Waals surface area (Å²) in [6, 6.07) is 6.86. The normalized spacial score (nSPS) is 38.3. The van der Waals surface area contributed by atoms with Crippen LogP contribution in [0.2, 0.25) is 0 Å². The van der Waals surface area contributed by atoms with Gasteiger partial charge in [-0.1, -0.05) is 13.0 Å². The van der Waals surface area contributed by atoms with E-state index in [4.69, 9.17) is 9.47 Å². The van der Waals surface area contributed by atoms with Crippen LogP contribution in [0, 0.1) is 11.8 Å². The molecule has 5 rings (SSSR count). The fourth-order valence-corrected chi connectivity index (χ4v) is 6.46. The third kappa shape index (κ3) is 2.39.